The number of rotatable bonds is 1. The van der Waals surface area contributed by atoms with Crippen LogP contribution >= 0.6 is 11.6 Å². The second-order valence-corrected chi connectivity index (χ2v) is 5.15. The van der Waals surface area contributed by atoms with Gasteiger partial charge in [0.15, 0.2) is 11.5 Å². The van der Waals surface area contributed by atoms with Gasteiger partial charge < -0.3 is 0 Å². The van der Waals surface area contributed by atoms with Crippen LogP contribution in [0.4, 0.5) is 0 Å². The first-order chi connectivity index (χ1) is 10.3. The van der Waals surface area contributed by atoms with Gasteiger partial charge in [0.05, 0.1) is 5.69 Å². The van der Waals surface area contributed by atoms with Crippen molar-refractivity contribution in [1.82, 2.24) is 24.8 Å². The van der Waals surface area contributed by atoms with E-state index in [0.717, 1.165) is 17.7 Å². The van der Waals surface area contributed by atoms with Crippen molar-refractivity contribution in [2.24, 2.45) is 0 Å². The maximum absolute atomic E-state index is 5.93. The van der Waals surface area contributed by atoms with Crippen molar-refractivity contribution >= 4 is 29.4 Å². The number of fused-ring (bicyclic) bond motifs is 2. The quantitative estimate of drug-likeness (QED) is 0.693. The summed E-state index contributed by atoms with van der Waals surface area (Å²) < 4.78 is 1.64. The lowest BCUT2D eigenvalue weighted by atomic mass is 9.97. The molecule has 1 aliphatic carbocycles. The summed E-state index contributed by atoms with van der Waals surface area (Å²) in [6, 6.07) is 7.52. The van der Waals surface area contributed by atoms with E-state index in [1.165, 1.54) is 5.56 Å². The average Bonchev–Trinajstić information content (AvgIpc) is 2.89. The molecule has 3 heterocycles. The molecule has 0 saturated heterocycles. The first-order valence-corrected chi connectivity index (χ1v) is 6.88. The zero-order chi connectivity index (χ0) is 14.2. The smallest absolute Gasteiger partial charge is 0.178 e. The maximum atomic E-state index is 5.93. The van der Waals surface area contributed by atoms with Crippen LogP contribution in [-0.4, -0.2) is 24.8 Å². The Morgan fingerprint density at radius 2 is 2.10 bits per heavy atom. The number of hydrogen-bond donors (Lipinski definition) is 0. The number of allylic oxidation sites excluding steroid dienone is 2. The van der Waals surface area contributed by atoms with Crippen LogP contribution in [0, 0.1) is 0 Å². The molecule has 3 aromatic rings. The molecule has 0 aromatic carbocycles. The predicted octanol–water partition coefficient (Wildman–Crippen LogP) is 2.83. The molecule has 0 fully saturated rings. The number of nitrogens with zero attached hydrogens (tertiary/aromatic N) is 5. The fraction of sp³-hybridized carbons (Fsp3) is 0.0667. The summed E-state index contributed by atoms with van der Waals surface area (Å²) in [7, 11) is 0. The zero-order valence-corrected chi connectivity index (χ0v) is 11.7. The molecule has 0 unspecified atom stereocenters. The molecule has 0 radical (unpaired) electrons. The standard InChI is InChI=1S/C15H10ClN5/c16-13-5-6-14-18-19-15(21(14)20-13)9-10-3-4-12-11(8-10)2-1-7-17-12/h1-7,9H,8H2. The summed E-state index contributed by atoms with van der Waals surface area (Å²) in [6.07, 6.45) is 8.63. The Labute approximate surface area is 125 Å². The van der Waals surface area contributed by atoms with Crippen LogP contribution in [0.1, 0.15) is 17.1 Å². The number of aromatic nitrogens is 5. The number of pyridine rings is 1. The minimum Gasteiger partial charge on any atom is -0.257 e. The van der Waals surface area contributed by atoms with Crippen molar-refractivity contribution in [2.45, 2.75) is 6.42 Å². The summed E-state index contributed by atoms with van der Waals surface area (Å²) in [5, 5.41) is 12.9. The Kier molecular flexibility index (Phi) is 2.79. The van der Waals surface area contributed by atoms with Crippen LogP contribution in [0.3, 0.4) is 0 Å². The third-order valence-electron chi connectivity index (χ3n) is 3.34. The monoisotopic (exact) mass is 295 g/mol. The second kappa shape index (κ2) is 4.79. The minimum atomic E-state index is 0.413. The van der Waals surface area contributed by atoms with Gasteiger partial charge >= 0.3 is 0 Å². The molecule has 0 amide bonds. The van der Waals surface area contributed by atoms with Crippen molar-refractivity contribution < 1.29 is 0 Å². The molecule has 21 heavy (non-hydrogen) atoms. The van der Waals surface area contributed by atoms with Crippen LogP contribution in [-0.2, 0) is 6.42 Å². The molecule has 0 aliphatic heterocycles. The molecular weight excluding hydrogens is 286 g/mol. The van der Waals surface area contributed by atoms with Gasteiger partial charge in [0.25, 0.3) is 0 Å². The summed E-state index contributed by atoms with van der Waals surface area (Å²) in [5.74, 6) is 0.666. The minimum absolute atomic E-state index is 0.413. The maximum Gasteiger partial charge on any atom is 0.178 e. The van der Waals surface area contributed by atoms with Crippen LogP contribution < -0.4 is 0 Å². The Morgan fingerprint density at radius 1 is 1.14 bits per heavy atom. The average molecular weight is 296 g/mol. The summed E-state index contributed by atoms with van der Waals surface area (Å²) in [6.45, 7) is 0. The topological polar surface area (TPSA) is 56.0 Å². The Hall–Kier alpha value is -2.53. The van der Waals surface area contributed by atoms with E-state index < -0.39 is 0 Å². The van der Waals surface area contributed by atoms with Crippen LogP contribution in [0.25, 0.3) is 17.8 Å². The Bertz CT molecular complexity index is 894. The molecule has 0 N–H and O–H groups in total. The van der Waals surface area contributed by atoms with Crippen LogP contribution in [0.5, 0.6) is 0 Å². The summed E-state index contributed by atoms with van der Waals surface area (Å²) in [4.78, 5) is 4.34. The second-order valence-electron chi connectivity index (χ2n) is 4.76. The number of hydrogen-bond acceptors (Lipinski definition) is 4. The summed E-state index contributed by atoms with van der Waals surface area (Å²) >= 11 is 5.93. The van der Waals surface area contributed by atoms with Gasteiger partial charge in [-0.3, -0.25) is 4.98 Å². The fourth-order valence-corrected chi connectivity index (χ4v) is 2.49. The highest BCUT2D eigenvalue weighted by Crippen LogP contribution is 2.22. The van der Waals surface area contributed by atoms with Gasteiger partial charge in [-0.25, -0.2) is 0 Å². The lowest BCUT2D eigenvalue weighted by Crippen LogP contribution is -2.00. The zero-order valence-electron chi connectivity index (χ0n) is 10.9. The normalized spacial score (nSPS) is 15.6. The van der Waals surface area contributed by atoms with E-state index in [9.17, 15) is 0 Å². The third kappa shape index (κ3) is 2.21. The fourth-order valence-electron chi connectivity index (χ4n) is 2.35. The van der Waals surface area contributed by atoms with Crippen LogP contribution in [0.15, 0.2) is 42.1 Å². The van der Waals surface area contributed by atoms with E-state index in [2.05, 4.69) is 26.3 Å². The Balaban J connectivity index is 1.76. The first kappa shape index (κ1) is 12.2. The molecule has 0 bridgehead atoms. The Morgan fingerprint density at radius 3 is 3.05 bits per heavy atom. The molecule has 5 nitrogen and oxygen atoms in total. The van der Waals surface area contributed by atoms with Gasteiger partial charge in [0, 0.05) is 6.20 Å². The highest BCUT2D eigenvalue weighted by molar-refractivity contribution is 6.29. The summed E-state index contributed by atoms with van der Waals surface area (Å²) in [5.41, 5.74) is 4.02. The lowest BCUT2D eigenvalue weighted by Gasteiger charge is -2.11. The third-order valence-corrected chi connectivity index (χ3v) is 3.55. The van der Waals surface area contributed by atoms with Crippen molar-refractivity contribution in [3.8, 4) is 0 Å². The molecule has 3 aromatic heterocycles. The van der Waals surface area contributed by atoms with Gasteiger partial charge in [-0.1, -0.05) is 23.7 Å². The van der Waals surface area contributed by atoms with Crippen LogP contribution in [0.2, 0.25) is 5.15 Å². The van der Waals surface area contributed by atoms with E-state index in [0.29, 0.717) is 16.6 Å². The van der Waals surface area contributed by atoms with Gasteiger partial charge in [-0.05, 0) is 47.9 Å². The van der Waals surface area contributed by atoms with E-state index >= 15 is 0 Å². The van der Waals surface area contributed by atoms with Gasteiger partial charge in [0.1, 0.15) is 5.15 Å². The molecule has 1 aliphatic rings. The molecule has 102 valence electrons. The first-order valence-electron chi connectivity index (χ1n) is 6.50. The van der Waals surface area contributed by atoms with Gasteiger partial charge in [-0.2, -0.15) is 9.61 Å². The van der Waals surface area contributed by atoms with Crippen molar-refractivity contribution in [3.63, 3.8) is 0 Å². The lowest BCUT2D eigenvalue weighted by molar-refractivity contribution is 0.910. The van der Waals surface area contributed by atoms with E-state index in [-0.39, 0.29) is 0 Å². The van der Waals surface area contributed by atoms with E-state index in [4.69, 9.17) is 11.6 Å². The van der Waals surface area contributed by atoms with E-state index in [1.807, 2.05) is 24.3 Å². The molecular formula is C15H10ClN5. The molecule has 6 heteroatoms. The SMILES string of the molecule is Clc1ccc2nnc(C=C3C=Cc4ncccc4C3)n2n1. The molecule has 0 atom stereocenters. The van der Waals surface area contributed by atoms with Gasteiger partial charge in [0.2, 0.25) is 0 Å². The highest BCUT2D eigenvalue weighted by atomic mass is 35.5. The van der Waals surface area contributed by atoms with Gasteiger partial charge in [-0.15, -0.1) is 10.2 Å². The van der Waals surface area contributed by atoms with Crippen molar-refractivity contribution in [1.29, 1.82) is 0 Å². The van der Waals surface area contributed by atoms with Crippen molar-refractivity contribution in [3.05, 3.63) is 64.3 Å². The van der Waals surface area contributed by atoms with E-state index in [1.54, 1.807) is 22.8 Å². The van der Waals surface area contributed by atoms with Crippen molar-refractivity contribution in [2.75, 3.05) is 0 Å². The predicted molar refractivity (Wildman–Crippen MR) is 80.7 cm³/mol. The molecule has 4 rings (SSSR count). The highest BCUT2D eigenvalue weighted by Gasteiger charge is 2.10. The number of halogens is 1. The largest absolute Gasteiger partial charge is 0.257 e. The molecule has 0 saturated carbocycles. The molecule has 0 spiro atoms.